The maximum Gasteiger partial charge on any atom is -1.00 e. The van der Waals surface area contributed by atoms with Crippen molar-refractivity contribution < 1.29 is 57.7 Å². The van der Waals surface area contributed by atoms with Crippen LogP contribution in [0.5, 0.6) is 0 Å². The Bertz CT molecular complexity index is 1270. The third-order valence-corrected chi connectivity index (χ3v) is 16.6. The maximum absolute atomic E-state index is 2.68. The van der Waals surface area contributed by atoms with Crippen LogP contribution in [0.3, 0.4) is 0 Å². The monoisotopic (exact) mass is 700 g/mol. The second-order valence-electron chi connectivity index (χ2n) is 13.0. The van der Waals surface area contributed by atoms with Gasteiger partial charge in [0.15, 0.2) is 0 Å². The van der Waals surface area contributed by atoms with Crippen molar-refractivity contribution in [1.29, 1.82) is 0 Å². The van der Waals surface area contributed by atoms with Crippen LogP contribution in [0, 0.1) is 5.41 Å². The summed E-state index contributed by atoms with van der Waals surface area (Å²) in [6.07, 6.45) is 14.1. The molecule has 0 saturated carbocycles. The molecule has 4 rings (SSSR count). The number of allylic oxidation sites excluding steroid dienone is 4. The van der Waals surface area contributed by atoms with Crippen LogP contribution in [0.25, 0.3) is 0 Å². The van der Waals surface area contributed by atoms with E-state index in [0.29, 0.717) is 0 Å². The van der Waals surface area contributed by atoms with Gasteiger partial charge in [0.25, 0.3) is 0 Å². The summed E-state index contributed by atoms with van der Waals surface area (Å²) in [5, 5.41) is 4.70. The van der Waals surface area contributed by atoms with Crippen molar-refractivity contribution in [2.24, 2.45) is 5.41 Å². The van der Waals surface area contributed by atoms with Crippen molar-refractivity contribution in [3.05, 3.63) is 112 Å². The van der Waals surface area contributed by atoms with Crippen LogP contribution in [0.1, 0.15) is 95.7 Å². The van der Waals surface area contributed by atoms with Gasteiger partial charge in [0, 0.05) is 0 Å². The first-order valence-electron chi connectivity index (χ1n) is 16.0. The van der Waals surface area contributed by atoms with E-state index >= 15 is 0 Å². The molecule has 0 N–H and O–H groups in total. The minimum atomic E-state index is -2.68. The molecule has 1 unspecified atom stereocenters. The van der Waals surface area contributed by atoms with Crippen LogP contribution in [-0.4, -0.2) is 8.07 Å². The molecule has 0 saturated heterocycles. The van der Waals surface area contributed by atoms with Crippen LogP contribution in [-0.2, 0) is 59.0 Å². The van der Waals surface area contributed by atoms with Crippen LogP contribution < -0.4 is 52.8 Å². The molecule has 3 aromatic carbocycles. The molecule has 0 spiro atoms. The van der Waals surface area contributed by atoms with Gasteiger partial charge in [-0.3, -0.25) is 0 Å². The molecule has 0 heterocycles. The van der Waals surface area contributed by atoms with E-state index < -0.39 is 8.07 Å². The van der Waals surface area contributed by atoms with Gasteiger partial charge in [0.05, 0.1) is 0 Å². The zero-order valence-corrected chi connectivity index (χ0v) is 33.1. The van der Waals surface area contributed by atoms with Crippen molar-refractivity contribution in [3.63, 3.8) is 0 Å². The van der Waals surface area contributed by atoms with E-state index in [1.54, 1.807) is 15.6 Å². The van der Waals surface area contributed by atoms with E-state index in [9.17, 15) is 0 Å². The molecule has 5 heteroatoms. The Morgan fingerprint density at radius 2 is 0.795 bits per heavy atom. The molecule has 0 nitrogen and oxygen atoms in total. The van der Waals surface area contributed by atoms with Crippen LogP contribution in [0.15, 0.2) is 78.4 Å². The van der Waals surface area contributed by atoms with Gasteiger partial charge in [-0.1, -0.05) is 0 Å². The SMILES string of the molecule is CCc1cc(CC)cc([Si](c2cc(CC)cc(CC)c2)(c2cc(CC)cc(CC)c2)[C]2([Ti+3])C=CC(C(C)(C)C)=C2)c1.[Cl-].[Cl-].[Cl-]. The number of hydrogen-bond acceptors (Lipinski definition) is 0. The Hall–Kier alpha value is -1.06. The summed E-state index contributed by atoms with van der Waals surface area (Å²) < 4.78 is -0.109. The largest absolute Gasteiger partial charge is 1.00 e. The normalized spacial score (nSPS) is 16.1. The maximum atomic E-state index is 2.68. The minimum absolute atomic E-state index is 0. The van der Waals surface area contributed by atoms with E-state index in [1.165, 1.54) is 39.0 Å². The van der Waals surface area contributed by atoms with Crippen LogP contribution in [0.2, 0.25) is 3.34 Å². The number of benzene rings is 3. The van der Waals surface area contributed by atoms with E-state index in [1.807, 2.05) is 0 Å². The fourth-order valence-electron chi connectivity index (χ4n) is 6.64. The average Bonchev–Trinajstić information content (AvgIpc) is 3.40. The quantitative estimate of drug-likeness (QED) is 0.195. The fourth-order valence-corrected chi connectivity index (χ4v) is 14.6. The van der Waals surface area contributed by atoms with Gasteiger partial charge in [-0.2, -0.15) is 0 Å². The van der Waals surface area contributed by atoms with Gasteiger partial charge >= 0.3 is 265 Å². The average molecular weight is 702 g/mol. The Morgan fingerprint density at radius 1 is 0.523 bits per heavy atom. The van der Waals surface area contributed by atoms with Gasteiger partial charge in [-0.25, -0.2) is 0 Å². The molecule has 1 atom stereocenters. The molecular formula is C39H51Cl3SiTi. The smallest absolute Gasteiger partial charge is 1.00 e. The second kappa shape index (κ2) is 16.7. The topological polar surface area (TPSA) is 0 Å². The molecule has 0 bridgehead atoms. The first kappa shape index (κ1) is 41.0. The molecule has 0 radical (unpaired) electrons. The number of halogens is 3. The summed E-state index contributed by atoms with van der Waals surface area (Å²) in [7, 11) is -2.68. The van der Waals surface area contributed by atoms with Gasteiger partial charge in [0.1, 0.15) is 0 Å². The Kier molecular flexibility index (Phi) is 15.5. The van der Waals surface area contributed by atoms with E-state index in [4.69, 9.17) is 0 Å². The van der Waals surface area contributed by atoms with Crippen molar-refractivity contribution in [3.8, 4) is 0 Å². The van der Waals surface area contributed by atoms with Gasteiger partial charge < -0.3 is 37.2 Å². The van der Waals surface area contributed by atoms with Gasteiger partial charge in [0.2, 0.25) is 0 Å². The molecule has 0 fully saturated rings. The van der Waals surface area contributed by atoms with Crippen molar-refractivity contribution in [2.45, 2.75) is 104 Å². The summed E-state index contributed by atoms with van der Waals surface area (Å²) in [5.41, 5.74) is 10.4. The molecule has 44 heavy (non-hydrogen) atoms. The Morgan fingerprint density at radius 3 is 1.00 bits per heavy atom. The molecule has 0 aromatic heterocycles. The van der Waals surface area contributed by atoms with E-state index in [-0.39, 0.29) is 46.0 Å². The van der Waals surface area contributed by atoms with Crippen LogP contribution >= 0.6 is 0 Å². The predicted molar refractivity (Wildman–Crippen MR) is 180 cm³/mol. The summed E-state index contributed by atoms with van der Waals surface area (Å²) in [4.78, 5) is 0. The van der Waals surface area contributed by atoms with E-state index in [2.05, 4.69) is 156 Å². The second-order valence-corrected chi connectivity index (χ2v) is 19.2. The summed E-state index contributed by atoms with van der Waals surface area (Å²) in [5.74, 6) is 0. The molecule has 3 aromatic rings. The summed E-state index contributed by atoms with van der Waals surface area (Å²) in [6, 6.07) is 22.9. The predicted octanol–water partition coefficient (Wildman–Crippen LogP) is -0.670. The molecule has 1 aliphatic carbocycles. The number of rotatable bonds is 10. The number of hydrogen-bond donors (Lipinski definition) is 0. The Labute approximate surface area is 300 Å². The molecular weight excluding hydrogens is 651 g/mol. The van der Waals surface area contributed by atoms with Gasteiger partial charge in [-0.15, -0.1) is 0 Å². The van der Waals surface area contributed by atoms with Gasteiger partial charge in [-0.05, 0) is 0 Å². The van der Waals surface area contributed by atoms with Crippen molar-refractivity contribution in [2.75, 3.05) is 0 Å². The van der Waals surface area contributed by atoms with E-state index in [0.717, 1.165) is 38.5 Å². The third kappa shape index (κ3) is 7.90. The zero-order chi connectivity index (χ0) is 30.0. The summed E-state index contributed by atoms with van der Waals surface area (Å²) >= 11 is 2.56. The van der Waals surface area contributed by atoms with Crippen LogP contribution in [0.4, 0.5) is 0 Å². The first-order valence-corrected chi connectivity index (χ1v) is 18.8. The minimum Gasteiger partial charge on any atom is -1.00 e. The molecule has 0 aliphatic heterocycles. The molecule has 0 amide bonds. The van der Waals surface area contributed by atoms with Crippen molar-refractivity contribution in [1.82, 2.24) is 0 Å². The standard InChI is InChI=1S/C39H51Si.3ClH.Ti/c1-10-28-18-29(11-2)22-36(21-28)40(35-17-16-34(27-35)39(7,8)9,37-23-30(12-3)19-31(13-4)24-37)38-25-32(14-5)20-33(15-6)26-38;;;;/h16-27H,10-15H2,1-9H3;3*1H;/q;;;;+3/p-3. The zero-order valence-electron chi connectivity index (χ0n) is 28.3. The first-order chi connectivity index (χ1) is 19.5. The van der Waals surface area contributed by atoms with Crippen molar-refractivity contribution >= 4 is 23.6 Å². The Balaban J connectivity index is 0.00000323. The molecule has 1 aliphatic rings. The third-order valence-electron chi connectivity index (χ3n) is 9.30. The fraction of sp³-hybridized carbons (Fsp3) is 0.436. The summed E-state index contributed by atoms with van der Waals surface area (Å²) in [6.45, 7) is 21.0. The number of aryl methyl sites for hydroxylation is 6. The molecule has 236 valence electrons.